The van der Waals surface area contributed by atoms with E-state index in [4.69, 9.17) is 14.2 Å². The van der Waals surface area contributed by atoms with Gasteiger partial charge < -0.3 is 24.5 Å². The van der Waals surface area contributed by atoms with Crippen LogP contribution in [0, 0.1) is 24.6 Å². The number of halogens is 1. The van der Waals surface area contributed by atoms with Crippen LogP contribution in [0.15, 0.2) is 22.9 Å². The van der Waals surface area contributed by atoms with Crippen LogP contribution < -0.4 is 10.2 Å². The van der Waals surface area contributed by atoms with E-state index in [0.29, 0.717) is 41.4 Å². The summed E-state index contributed by atoms with van der Waals surface area (Å²) in [4.78, 5) is 35.2. The molecule has 3 heterocycles. The summed E-state index contributed by atoms with van der Waals surface area (Å²) in [6, 6.07) is 3.17. The topological polar surface area (TPSA) is 113 Å². The van der Waals surface area contributed by atoms with E-state index in [1.54, 1.807) is 13.0 Å². The zero-order valence-corrected chi connectivity index (χ0v) is 22.1. The number of nitrogens with one attached hydrogen (secondary N) is 2. The highest BCUT2D eigenvalue weighted by atomic mass is 19.1. The third-order valence-corrected chi connectivity index (χ3v) is 8.08. The van der Waals surface area contributed by atoms with Gasteiger partial charge in [-0.05, 0) is 50.7 Å². The molecule has 3 aromatic rings. The van der Waals surface area contributed by atoms with Crippen LogP contribution in [0.4, 0.5) is 10.1 Å². The fourth-order valence-electron chi connectivity index (χ4n) is 5.96. The lowest BCUT2D eigenvalue weighted by Gasteiger charge is -2.33. The van der Waals surface area contributed by atoms with Gasteiger partial charge in [0.05, 0.1) is 36.0 Å². The molecule has 10 heteroatoms. The summed E-state index contributed by atoms with van der Waals surface area (Å²) in [7, 11) is 1.38. The lowest BCUT2D eigenvalue weighted by atomic mass is 9.85. The SMILES string of the molecule is COC(=O)C1CCCN(c2ccc3[nH]c(C(NC(=O)c4conc4C)C4CCCCCCC4)nc3c2F)C1. The fourth-order valence-corrected chi connectivity index (χ4v) is 5.96. The zero-order valence-electron chi connectivity index (χ0n) is 22.1. The maximum Gasteiger partial charge on any atom is 0.310 e. The van der Waals surface area contributed by atoms with Crippen LogP contribution in [0.5, 0.6) is 0 Å². The number of fused-ring (bicyclic) bond motifs is 1. The number of hydrogen-bond donors (Lipinski definition) is 2. The van der Waals surface area contributed by atoms with E-state index < -0.39 is 11.9 Å². The fraction of sp³-hybridized carbons (Fsp3) is 0.571. The number of aromatic amines is 1. The molecule has 2 N–H and O–H groups in total. The number of hydrogen-bond acceptors (Lipinski definition) is 7. The normalized spacial score (nSPS) is 20.1. The highest BCUT2D eigenvalue weighted by Gasteiger charge is 2.32. The number of piperidine rings is 1. The number of nitrogens with zero attached hydrogens (tertiary/aromatic N) is 3. The number of ether oxygens (including phenoxy) is 1. The van der Waals surface area contributed by atoms with E-state index >= 15 is 4.39 Å². The first-order chi connectivity index (χ1) is 18.5. The second kappa shape index (κ2) is 11.5. The van der Waals surface area contributed by atoms with Crippen LogP contribution in [-0.4, -0.2) is 47.2 Å². The van der Waals surface area contributed by atoms with Crippen molar-refractivity contribution in [1.82, 2.24) is 20.4 Å². The Morgan fingerprint density at radius 3 is 2.63 bits per heavy atom. The van der Waals surface area contributed by atoms with Gasteiger partial charge in [-0.2, -0.15) is 0 Å². The summed E-state index contributed by atoms with van der Waals surface area (Å²) >= 11 is 0. The molecule has 1 saturated heterocycles. The van der Waals surface area contributed by atoms with E-state index in [0.717, 1.165) is 38.5 Å². The predicted molar refractivity (Wildman–Crippen MR) is 140 cm³/mol. The Kier molecular flexibility index (Phi) is 7.95. The second-order valence-electron chi connectivity index (χ2n) is 10.6. The number of esters is 1. The van der Waals surface area contributed by atoms with Crippen LogP contribution in [0.1, 0.15) is 85.7 Å². The van der Waals surface area contributed by atoms with Gasteiger partial charge in [-0.25, -0.2) is 9.37 Å². The van der Waals surface area contributed by atoms with Crippen molar-refractivity contribution in [1.29, 1.82) is 0 Å². The molecule has 1 aliphatic heterocycles. The molecule has 1 saturated carbocycles. The zero-order chi connectivity index (χ0) is 26.6. The molecule has 2 aromatic heterocycles. The van der Waals surface area contributed by atoms with Crippen molar-refractivity contribution in [3.63, 3.8) is 0 Å². The standard InChI is InChI=1S/C28H36FN5O4/c1-17-20(16-38-33-17)27(35)32-24(18-9-6-4-3-5-7-10-18)26-30-21-12-13-22(23(29)25(21)31-26)34-14-8-11-19(15-34)28(36)37-2/h12-13,16,18-19,24H,3-11,14-15H2,1-2H3,(H,30,31)(H,32,35). The number of benzene rings is 1. The number of methoxy groups -OCH3 is 1. The Morgan fingerprint density at radius 1 is 1.16 bits per heavy atom. The Hall–Kier alpha value is -3.43. The molecule has 1 amide bonds. The molecule has 38 heavy (non-hydrogen) atoms. The lowest BCUT2D eigenvalue weighted by Crippen LogP contribution is -2.39. The van der Waals surface area contributed by atoms with E-state index in [1.807, 2.05) is 11.0 Å². The van der Waals surface area contributed by atoms with E-state index in [1.165, 1.54) is 32.6 Å². The summed E-state index contributed by atoms with van der Waals surface area (Å²) in [5, 5.41) is 7.00. The van der Waals surface area contributed by atoms with E-state index in [-0.39, 0.29) is 29.2 Å². The highest BCUT2D eigenvalue weighted by molar-refractivity contribution is 5.95. The number of aryl methyl sites for hydroxylation is 1. The maximum atomic E-state index is 15.9. The molecule has 0 radical (unpaired) electrons. The van der Waals surface area contributed by atoms with Crippen molar-refractivity contribution in [2.75, 3.05) is 25.1 Å². The molecule has 2 atom stereocenters. The molecule has 5 rings (SSSR count). The van der Waals surface area contributed by atoms with Crippen LogP contribution in [-0.2, 0) is 9.53 Å². The number of aromatic nitrogens is 3. The van der Waals surface area contributed by atoms with Gasteiger partial charge in [0.2, 0.25) is 0 Å². The molecule has 2 fully saturated rings. The number of anilines is 1. The summed E-state index contributed by atoms with van der Waals surface area (Å²) in [5.41, 5.74) is 2.15. The van der Waals surface area contributed by atoms with Crippen LogP contribution in [0.3, 0.4) is 0 Å². The van der Waals surface area contributed by atoms with Crippen LogP contribution in [0.25, 0.3) is 11.0 Å². The van der Waals surface area contributed by atoms with Crippen molar-refractivity contribution in [2.45, 2.75) is 70.8 Å². The molecular formula is C28H36FN5O4. The van der Waals surface area contributed by atoms with Gasteiger partial charge in [-0.1, -0.05) is 37.3 Å². The largest absolute Gasteiger partial charge is 0.469 e. The summed E-state index contributed by atoms with van der Waals surface area (Å²) < 4.78 is 25.8. The van der Waals surface area contributed by atoms with Gasteiger partial charge in [0.25, 0.3) is 5.91 Å². The molecule has 1 aromatic carbocycles. The molecule has 2 aliphatic rings. The number of amides is 1. The minimum Gasteiger partial charge on any atom is -0.469 e. The van der Waals surface area contributed by atoms with Gasteiger partial charge in [0.15, 0.2) is 5.82 Å². The Bertz CT molecular complexity index is 1280. The Labute approximate surface area is 221 Å². The Balaban J connectivity index is 1.46. The van der Waals surface area contributed by atoms with Crippen LogP contribution >= 0.6 is 0 Å². The number of rotatable bonds is 6. The third kappa shape index (κ3) is 5.39. The number of carbonyl (C=O) groups excluding carboxylic acids is 2. The van der Waals surface area contributed by atoms with Gasteiger partial charge in [0.1, 0.15) is 23.2 Å². The maximum absolute atomic E-state index is 15.9. The molecule has 9 nitrogen and oxygen atoms in total. The van der Waals surface area contributed by atoms with Gasteiger partial charge >= 0.3 is 5.97 Å². The van der Waals surface area contributed by atoms with Gasteiger partial charge in [-0.3, -0.25) is 9.59 Å². The van der Waals surface area contributed by atoms with Gasteiger partial charge in [0, 0.05) is 13.1 Å². The van der Waals surface area contributed by atoms with Crippen molar-refractivity contribution in [3.05, 3.63) is 41.3 Å². The number of carbonyl (C=O) groups is 2. The summed E-state index contributed by atoms with van der Waals surface area (Å²) in [5.74, 6) is -0.522. The van der Waals surface area contributed by atoms with Crippen LogP contribution in [0.2, 0.25) is 0 Å². The second-order valence-corrected chi connectivity index (χ2v) is 10.6. The monoisotopic (exact) mass is 525 g/mol. The minimum absolute atomic E-state index is 0.172. The van der Waals surface area contributed by atoms with Crippen molar-refractivity contribution in [3.8, 4) is 0 Å². The first-order valence-electron chi connectivity index (χ1n) is 13.7. The molecule has 0 bridgehead atoms. The predicted octanol–water partition coefficient (Wildman–Crippen LogP) is 5.22. The summed E-state index contributed by atoms with van der Waals surface area (Å²) in [6.07, 6.45) is 10.5. The minimum atomic E-state index is -0.423. The van der Waals surface area contributed by atoms with Crippen molar-refractivity contribution in [2.24, 2.45) is 11.8 Å². The molecule has 204 valence electrons. The molecule has 1 aliphatic carbocycles. The molecule has 2 unspecified atom stereocenters. The average molecular weight is 526 g/mol. The van der Waals surface area contributed by atoms with E-state index in [9.17, 15) is 9.59 Å². The van der Waals surface area contributed by atoms with Crippen molar-refractivity contribution >= 4 is 28.6 Å². The number of imidazole rings is 1. The summed E-state index contributed by atoms with van der Waals surface area (Å²) in [6.45, 7) is 2.80. The average Bonchev–Trinajstić information content (AvgIpc) is 3.54. The lowest BCUT2D eigenvalue weighted by molar-refractivity contribution is -0.145. The van der Waals surface area contributed by atoms with Gasteiger partial charge in [-0.15, -0.1) is 0 Å². The van der Waals surface area contributed by atoms with E-state index in [2.05, 4.69) is 15.5 Å². The third-order valence-electron chi connectivity index (χ3n) is 8.08. The smallest absolute Gasteiger partial charge is 0.310 e. The highest BCUT2D eigenvalue weighted by Crippen LogP contribution is 2.35. The number of H-pyrrole nitrogens is 1. The molecule has 0 spiro atoms. The Morgan fingerprint density at radius 2 is 1.92 bits per heavy atom. The quantitative estimate of drug-likeness (QED) is 0.424. The first-order valence-corrected chi connectivity index (χ1v) is 13.7. The first kappa shape index (κ1) is 26.2. The van der Waals surface area contributed by atoms with Crippen molar-refractivity contribution < 1.29 is 23.2 Å². The molecular weight excluding hydrogens is 489 g/mol.